The topological polar surface area (TPSA) is 120 Å². The van der Waals surface area contributed by atoms with Crippen LogP contribution in [0.2, 0.25) is 0 Å². The normalized spacial score (nSPS) is 21.4. The quantitative estimate of drug-likeness (QED) is 0.414. The number of carbonyl (C=O) groups is 1. The second-order valence-corrected chi connectivity index (χ2v) is 15.1. The Morgan fingerprint density at radius 1 is 1.00 bits per heavy atom. The van der Waals surface area contributed by atoms with Crippen molar-refractivity contribution < 1.29 is 27.4 Å². The van der Waals surface area contributed by atoms with Gasteiger partial charge in [0.2, 0.25) is 11.8 Å². The summed E-state index contributed by atoms with van der Waals surface area (Å²) < 4.78 is 47.8. The Hall–Kier alpha value is -3.54. The van der Waals surface area contributed by atoms with Crippen molar-refractivity contribution in [3.8, 4) is 17.1 Å². The highest BCUT2D eigenvalue weighted by Gasteiger charge is 2.50. The SMILES string of the molecule is Cc1cccc(C)c1-c1cc2nc(n1)NS(=O)(=O)c1cccc(c1)C(=O)N(CC1CC3(C1)OCCO3)[C@H](CC(C)(C)C)CO2. The molecule has 1 atom stereocenters. The van der Waals surface area contributed by atoms with Crippen molar-refractivity contribution in [2.75, 3.05) is 31.1 Å². The number of rotatable bonds is 4. The fourth-order valence-electron chi connectivity index (χ4n) is 6.54. The first-order valence-corrected chi connectivity index (χ1v) is 16.6. The van der Waals surface area contributed by atoms with E-state index in [2.05, 4.69) is 35.5 Å². The first-order chi connectivity index (χ1) is 20.8. The number of hydrogen-bond donors (Lipinski definition) is 1. The van der Waals surface area contributed by atoms with Crippen molar-refractivity contribution in [2.45, 2.75) is 70.6 Å². The molecule has 1 saturated carbocycles. The number of nitrogens with zero attached hydrogens (tertiary/aromatic N) is 3. The van der Waals surface area contributed by atoms with Gasteiger partial charge >= 0.3 is 0 Å². The summed E-state index contributed by atoms with van der Waals surface area (Å²) in [6.07, 6.45) is 2.06. The van der Waals surface area contributed by atoms with Gasteiger partial charge in [-0.05, 0) is 60.9 Å². The van der Waals surface area contributed by atoms with Crippen LogP contribution in [0.1, 0.15) is 61.5 Å². The van der Waals surface area contributed by atoms with E-state index in [9.17, 15) is 13.2 Å². The molecule has 0 radical (unpaired) electrons. The van der Waals surface area contributed by atoms with E-state index >= 15 is 0 Å². The van der Waals surface area contributed by atoms with Crippen molar-refractivity contribution in [3.05, 3.63) is 65.2 Å². The number of aryl methyl sites for hydroxylation is 2. The van der Waals surface area contributed by atoms with Gasteiger partial charge in [-0.1, -0.05) is 45.0 Å². The first-order valence-electron chi connectivity index (χ1n) is 15.1. The minimum absolute atomic E-state index is 0.0474. The molecule has 44 heavy (non-hydrogen) atoms. The van der Waals surface area contributed by atoms with Gasteiger partial charge in [-0.2, -0.15) is 4.98 Å². The lowest BCUT2D eigenvalue weighted by atomic mass is 9.77. The van der Waals surface area contributed by atoms with E-state index in [0.29, 0.717) is 44.7 Å². The Bertz CT molecular complexity index is 1650. The molecule has 234 valence electrons. The Morgan fingerprint density at radius 3 is 2.36 bits per heavy atom. The number of amides is 1. The number of sulfonamides is 1. The highest BCUT2D eigenvalue weighted by molar-refractivity contribution is 7.92. The van der Waals surface area contributed by atoms with E-state index in [4.69, 9.17) is 14.2 Å². The molecule has 2 fully saturated rings. The van der Waals surface area contributed by atoms with Gasteiger partial charge in [0.25, 0.3) is 15.9 Å². The fraction of sp³-hybridized carbons (Fsp3) is 0.485. The van der Waals surface area contributed by atoms with E-state index in [0.717, 1.165) is 16.7 Å². The molecule has 10 nitrogen and oxygen atoms in total. The van der Waals surface area contributed by atoms with Crippen molar-refractivity contribution in [2.24, 2.45) is 11.3 Å². The number of hydrogen-bond acceptors (Lipinski definition) is 8. The molecule has 1 spiro atoms. The molecule has 1 aliphatic carbocycles. The summed E-state index contributed by atoms with van der Waals surface area (Å²) in [7, 11) is -4.13. The van der Waals surface area contributed by atoms with Crippen LogP contribution < -0.4 is 9.46 Å². The maximum Gasteiger partial charge on any atom is 0.264 e. The molecular formula is C33H40N4O6S. The minimum atomic E-state index is -4.13. The molecule has 1 saturated heterocycles. The van der Waals surface area contributed by atoms with Crippen LogP contribution in [0.4, 0.5) is 5.95 Å². The Morgan fingerprint density at radius 2 is 1.68 bits per heavy atom. The van der Waals surface area contributed by atoms with Crippen molar-refractivity contribution >= 4 is 21.9 Å². The number of ether oxygens (including phenoxy) is 3. The van der Waals surface area contributed by atoms with Crippen LogP contribution in [0.5, 0.6) is 5.88 Å². The zero-order valence-corrected chi connectivity index (χ0v) is 26.7. The molecule has 3 heterocycles. The molecule has 2 aliphatic heterocycles. The molecule has 4 bridgehead atoms. The summed E-state index contributed by atoms with van der Waals surface area (Å²) in [5.41, 5.74) is 3.56. The van der Waals surface area contributed by atoms with Gasteiger partial charge in [0.15, 0.2) is 5.79 Å². The third kappa shape index (κ3) is 6.31. The number of anilines is 1. The molecule has 1 N–H and O–H groups in total. The average Bonchev–Trinajstić information content (AvgIpc) is 3.42. The third-order valence-electron chi connectivity index (χ3n) is 8.50. The largest absolute Gasteiger partial charge is 0.475 e. The van der Waals surface area contributed by atoms with E-state index < -0.39 is 15.8 Å². The summed E-state index contributed by atoms with van der Waals surface area (Å²) in [5, 5.41) is 0. The Balaban J connectivity index is 1.44. The number of fused-ring (bicyclic) bond motifs is 4. The highest BCUT2D eigenvalue weighted by atomic mass is 32.2. The number of nitrogens with one attached hydrogen (secondary N) is 1. The summed E-state index contributed by atoms with van der Waals surface area (Å²) in [4.78, 5) is 25.1. The zero-order valence-electron chi connectivity index (χ0n) is 25.9. The van der Waals surface area contributed by atoms with Gasteiger partial charge < -0.3 is 19.1 Å². The molecule has 1 amide bonds. The van der Waals surface area contributed by atoms with Crippen molar-refractivity contribution in [1.82, 2.24) is 14.9 Å². The summed E-state index contributed by atoms with van der Waals surface area (Å²) in [6.45, 7) is 12.2. The van der Waals surface area contributed by atoms with Crippen LogP contribution in [0.15, 0.2) is 53.4 Å². The Kier molecular flexibility index (Phi) is 7.92. The van der Waals surface area contributed by atoms with Crippen LogP contribution in [-0.4, -0.2) is 67.4 Å². The predicted molar refractivity (Wildman–Crippen MR) is 166 cm³/mol. The second-order valence-electron chi connectivity index (χ2n) is 13.4. The molecule has 0 unspecified atom stereocenters. The van der Waals surface area contributed by atoms with Crippen LogP contribution in [0.25, 0.3) is 11.3 Å². The van der Waals surface area contributed by atoms with Gasteiger partial charge in [0.05, 0.1) is 29.8 Å². The zero-order chi connectivity index (χ0) is 31.3. The van der Waals surface area contributed by atoms with Gasteiger partial charge in [-0.3, -0.25) is 4.79 Å². The molecule has 6 rings (SSSR count). The predicted octanol–water partition coefficient (Wildman–Crippen LogP) is 5.35. The molecular weight excluding hydrogens is 580 g/mol. The van der Waals surface area contributed by atoms with E-state index in [-0.39, 0.29) is 52.2 Å². The standard InChI is InChI=1S/C33H40N4O6S/c1-21-8-6-9-22(2)29(21)27-15-28-35-31(34-27)36-44(39,40)26-11-7-10-24(14-26)30(38)37(25(20-41-28)18-32(3,4)5)19-23-16-33(17-23)42-12-13-43-33/h6-11,14-15,23,25H,12-13,16-20H2,1-5H3,(H,34,35,36)/t25-/m1/s1. The monoisotopic (exact) mass is 620 g/mol. The van der Waals surface area contributed by atoms with Crippen molar-refractivity contribution in [1.29, 1.82) is 0 Å². The van der Waals surface area contributed by atoms with Gasteiger partial charge in [0.1, 0.15) is 6.61 Å². The van der Waals surface area contributed by atoms with E-state index in [1.165, 1.54) is 12.1 Å². The van der Waals surface area contributed by atoms with Crippen LogP contribution in [0, 0.1) is 25.2 Å². The Labute approximate surface area is 259 Å². The first kappa shape index (κ1) is 30.5. The van der Waals surface area contributed by atoms with E-state index in [1.54, 1.807) is 18.2 Å². The van der Waals surface area contributed by atoms with Gasteiger partial charge in [-0.25, -0.2) is 18.1 Å². The molecule has 3 aliphatic rings. The van der Waals surface area contributed by atoms with Gasteiger partial charge in [0, 0.05) is 36.6 Å². The lowest BCUT2D eigenvalue weighted by Gasteiger charge is -2.46. The fourth-order valence-corrected chi connectivity index (χ4v) is 7.53. The summed E-state index contributed by atoms with van der Waals surface area (Å²) in [6, 6.07) is 13.5. The van der Waals surface area contributed by atoms with E-state index in [1.807, 2.05) is 36.9 Å². The van der Waals surface area contributed by atoms with Crippen LogP contribution in [0.3, 0.4) is 0 Å². The molecule has 11 heteroatoms. The number of aromatic nitrogens is 2. The van der Waals surface area contributed by atoms with Crippen LogP contribution in [-0.2, 0) is 19.5 Å². The maximum absolute atomic E-state index is 14.3. The number of carbonyl (C=O) groups excluding carboxylic acids is 1. The lowest BCUT2D eigenvalue weighted by Crippen LogP contribution is -2.53. The number of benzene rings is 2. The molecule has 1 aromatic heterocycles. The van der Waals surface area contributed by atoms with Crippen LogP contribution >= 0.6 is 0 Å². The second kappa shape index (κ2) is 11.4. The summed E-state index contributed by atoms with van der Waals surface area (Å²) >= 11 is 0. The summed E-state index contributed by atoms with van der Waals surface area (Å²) in [5.74, 6) is -0.498. The molecule has 3 aromatic rings. The lowest BCUT2D eigenvalue weighted by molar-refractivity contribution is -0.232. The third-order valence-corrected chi connectivity index (χ3v) is 9.82. The maximum atomic E-state index is 14.3. The molecule has 2 aromatic carbocycles. The highest BCUT2D eigenvalue weighted by Crippen LogP contribution is 2.45. The van der Waals surface area contributed by atoms with Crippen molar-refractivity contribution in [3.63, 3.8) is 0 Å². The smallest absolute Gasteiger partial charge is 0.264 e. The van der Waals surface area contributed by atoms with Gasteiger partial charge in [-0.15, -0.1) is 0 Å². The average molecular weight is 621 g/mol. The minimum Gasteiger partial charge on any atom is -0.475 e.